The Hall–Kier alpha value is -0.773. The van der Waals surface area contributed by atoms with E-state index in [9.17, 15) is 8.42 Å². The zero-order valence-electron chi connectivity index (χ0n) is 14.9. The smallest absolute Gasteiger partial charge is 0.297 e. The second-order valence-corrected chi connectivity index (χ2v) is 12.4. The fraction of sp³-hybridized carbons (Fsp3) is 0.625. The Morgan fingerprint density at radius 2 is 1.33 bits per heavy atom. The van der Waals surface area contributed by atoms with E-state index >= 15 is 0 Å². The Balaban J connectivity index is 2.07. The molecule has 0 aromatic heterocycles. The summed E-state index contributed by atoms with van der Waals surface area (Å²) in [5, 5.41) is 0. The van der Waals surface area contributed by atoms with E-state index in [1.807, 2.05) is 6.92 Å². The Kier molecular flexibility index (Phi) is 9.10. The SMILES string of the molecule is Cc1ccc(S(=O)(=O)OCCOCCOCCO[Si](C)(C)C)cc1. The fourth-order valence-electron chi connectivity index (χ4n) is 1.70. The summed E-state index contributed by atoms with van der Waals surface area (Å²) in [6, 6.07) is 6.52. The Bertz CT molecular complexity index is 565. The van der Waals surface area contributed by atoms with E-state index in [1.165, 1.54) is 12.1 Å². The van der Waals surface area contributed by atoms with Gasteiger partial charge in [-0.3, -0.25) is 4.18 Å². The molecular formula is C16H28O6SSi. The van der Waals surface area contributed by atoms with Gasteiger partial charge in [0.1, 0.15) is 0 Å². The lowest BCUT2D eigenvalue weighted by molar-refractivity contribution is 0.0272. The van der Waals surface area contributed by atoms with E-state index in [1.54, 1.807) is 12.1 Å². The summed E-state index contributed by atoms with van der Waals surface area (Å²) in [6.07, 6.45) is 0. The maximum absolute atomic E-state index is 11.9. The summed E-state index contributed by atoms with van der Waals surface area (Å²) in [5.74, 6) is 0. The van der Waals surface area contributed by atoms with Gasteiger partial charge in [-0.2, -0.15) is 8.42 Å². The highest BCUT2D eigenvalue weighted by atomic mass is 32.2. The van der Waals surface area contributed by atoms with Crippen molar-refractivity contribution in [2.24, 2.45) is 0 Å². The maximum atomic E-state index is 11.9. The van der Waals surface area contributed by atoms with Gasteiger partial charge in [0.15, 0.2) is 8.32 Å². The predicted molar refractivity (Wildman–Crippen MR) is 95.3 cm³/mol. The molecule has 0 bridgehead atoms. The van der Waals surface area contributed by atoms with E-state index in [0.717, 1.165) is 5.56 Å². The van der Waals surface area contributed by atoms with E-state index in [-0.39, 0.29) is 18.1 Å². The van der Waals surface area contributed by atoms with Crippen LogP contribution in [0.1, 0.15) is 5.56 Å². The molecule has 24 heavy (non-hydrogen) atoms. The molecule has 0 saturated heterocycles. The number of rotatable bonds is 12. The van der Waals surface area contributed by atoms with Crippen LogP contribution in [-0.2, 0) is 28.2 Å². The monoisotopic (exact) mass is 376 g/mol. The van der Waals surface area contributed by atoms with Crippen molar-refractivity contribution in [2.75, 3.05) is 39.6 Å². The van der Waals surface area contributed by atoms with Gasteiger partial charge in [-0.05, 0) is 38.7 Å². The number of hydrogen-bond acceptors (Lipinski definition) is 6. The Labute approximate surface area is 146 Å². The predicted octanol–water partition coefficient (Wildman–Crippen LogP) is 2.59. The van der Waals surface area contributed by atoms with Crippen LogP contribution in [0.5, 0.6) is 0 Å². The summed E-state index contributed by atoms with van der Waals surface area (Å²) in [6.45, 7) is 10.4. The van der Waals surface area contributed by atoms with E-state index in [4.69, 9.17) is 18.1 Å². The van der Waals surface area contributed by atoms with Crippen LogP contribution in [0.3, 0.4) is 0 Å². The topological polar surface area (TPSA) is 71.1 Å². The summed E-state index contributed by atoms with van der Waals surface area (Å²) in [5.41, 5.74) is 0.993. The van der Waals surface area contributed by atoms with Gasteiger partial charge in [0.05, 0.1) is 44.5 Å². The highest BCUT2D eigenvalue weighted by molar-refractivity contribution is 7.86. The fourth-order valence-corrected chi connectivity index (χ4v) is 3.29. The zero-order valence-corrected chi connectivity index (χ0v) is 16.7. The minimum atomic E-state index is -3.72. The maximum Gasteiger partial charge on any atom is 0.297 e. The molecule has 0 fully saturated rings. The molecule has 1 rings (SSSR count). The minimum absolute atomic E-state index is 0.0189. The van der Waals surface area contributed by atoms with Gasteiger partial charge in [-0.25, -0.2) is 0 Å². The van der Waals surface area contributed by atoms with Crippen LogP contribution >= 0.6 is 0 Å². The lowest BCUT2D eigenvalue weighted by atomic mass is 10.2. The first kappa shape index (κ1) is 21.3. The van der Waals surface area contributed by atoms with Crippen molar-refractivity contribution in [1.82, 2.24) is 0 Å². The van der Waals surface area contributed by atoms with Crippen molar-refractivity contribution >= 4 is 18.4 Å². The number of ether oxygens (including phenoxy) is 2. The average Bonchev–Trinajstić information content (AvgIpc) is 2.48. The quantitative estimate of drug-likeness (QED) is 0.317. The normalized spacial score (nSPS) is 12.5. The Morgan fingerprint density at radius 1 is 0.833 bits per heavy atom. The third kappa shape index (κ3) is 9.51. The lowest BCUT2D eigenvalue weighted by Gasteiger charge is -2.16. The largest absolute Gasteiger partial charge is 0.415 e. The molecule has 8 heteroatoms. The lowest BCUT2D eigenvalue weighted by Crippen LogP contribution is -2.27. The zero-order chi connectivity index (χ0) is 18.1. The molecule has 0 spiro atoms. The second-order valence-electron chi connectivity index (χ2n) is 6.27. The molecule has 0 amide bonds. The van der Waals surface area contributed by atoms with Crippen LogP contribution in [0.2, 0.25) is 19.6 Å². The first-order valence-electron chi connectivity index (χ1n) is 7.96. The molecule has 6 nitrogen and oxygen atoms in total. The van der Waals surface area contributed by atoms with Crippen molar-refractivity contribution in [3.8, 4) is 0 Å². The van der Waals surface area contributed by atoms with Crippen molar-refractivity contribution < 1.29 is 26.5 Å². The standard InChI is InChI=1S/C16H28O6SSi/c1-15-5-7-16(8-6-15)23(17,18)21-13-11-19-9-10-20-12-14-22-24(2,3)4/h5-8H,9-14H2,1-4H3. The molecule has 0 atom stereocenters. The highest BCUT2D eigenvalue weighted by Gasteiger charge is 2.14. The third-order valence-electron chi connectivity index (χ3n) is 2.91. The van der Waals surface area contributed by atoms with Crippen LogP contribution in [0.15, 0.2) is 29.2 Å². The van der Waals surface area contributed by atoms with Gasteiger partial charge in [0, 0.05) is 0 Å². The Morgan fingerprint density at radius 3 is 1.88 bits per heavy atom. The van der Waals surface area contributed by atoms with Gasteiger partial charge in [-0.15, -0.1) is 0 Å². The van der Waals surface area contributed by atoms with Crippen LogP contribution in [0.4, 0.5) is 0 Å². The molecule has 1 aromatic carbocycles. The van der Waals surface area contributed by atoms with Crippen LogP contribution in [-0.4, -0.2) is 56.4 Å². The highest BCUT2D eigenvalue weighted by Crippen LogP contribution is 2.12. The van der Waals surface area contributed by atoms with Crippen LogP contribution in [0, 0.1) is 6.92 Å². The van der Waals surface area contributed by atoms with Gasteiger partial charge < -0.3 is 13.9 Å². The van der Waals surface area contributed by atoms with Crippen LogP contribution in [0.25, 0.3) is 0 Å². The molecule has 0 radical (unpaired) electrons. The molecule has 0 heterocycles. The van der Waals surface area contributed by atoms with Gasteiger partial charge in [-0.1, -0.05) is 17.7 Å². The van der Waals surface area contributed by atoms with Crippen molar-refractivity contribution in [3.63, 3.8) is 0 Å². The average molecular weight is 377 g/mol. The molecule has 0 aliphatic carbocycles. The molecule has 138 valence electrons. The first-order chi connectivity index (χ1) is 11.2. The number of aryl methyl sites for hydroxylation is 1. The summed E-state index contributed by atoms with van der Waals surface area (Å²) < 4.78 is 45.1. The molecule has 0 unspecified atom stereocenters. The second kappa shape index (κ2) is 10.3. The van der Waals surface area contributed by atoms with Crippen molar-refractivity contribution in [3.05, 3.63) is 29.8 Å². The summed E-state index contributed by atoms with van der Waals surface area (Å²) in [7, 11) is -5.20. The number of benzene rings is 1. The molecule has 0 aliphatic rings. The van der Waals surface area contributed by atoms with Crippen LogP contribution < -0.4 is 0 Å². The molecular weight excluding hydrogens is 348 g/mol. The van der Waals surface area contributed by atoms with Gasteiger partial charge in [0.25, 0.3) is 10.1 Å². The summed E-state index contributed by atoms with van der Waals surface area (Å²) in [4.78, 5) is 0.152. The van der Waals surface area contributed by atoms with Crippen molar-refractivity contribution in [2.45, 2.75) is 31.5 Å². The third-order valence-corrected chi connectivity index (χ3v) is 5.31. The number of hydrogen-bond donors (Lipinski definition) is 0. The first-order valence-corrected chi connectivity index (χ1v) is 12.8. The molecule has 0 N–H and O–H groups in total. The van der Waals surface area contributed by atoms with E-state index in [2.05, 4.69) is 19.6 Å². The van der Waals surface area contributed by atoms with E-state index < -0.39 is 18.4 Å². The van der Waals surface area contributed by atoms with Gasteiger partial charge >= 0.3 is 0 Å². The molecule has 0 aliphatic heterocycles. The molecule has 0 saturated carbocycles. The molecule has 1 aromatic rings. The van der Waals surface area contributed by atoms with E-state index in [0.29, 0.717) is 26.4 Å². The minimum Gasteiger partial charge on any atom is -0.415 e. The van der Waals surface area contributed by atoms with Crippen molar-refractivity contribution in [1.29, 1.82) is 0 Å². The van der Waals surface area contributed by atoms with Gasteiger partial charge in [0.2, 0.25) is 0 Å². The summed E-state index contributed by atoms with van der Waals surface area (Å²) >= 11 is 0.